The van der Waals surface area contributed by atoms with Gasteiger partial charge >= 0.3 is 5.97 Å². The van der Waals surface area contributed by atoms with Crippen molar-refractivity contribution in [3.63, 3.8) is 0 Å². The number of esters is 1. The molecule has 0 aliphatic rings. The Morgan fingerprint density at radius 1 is 1.08 bits per heavy atom. The first-order chi connectivity index (χ1) is 12.1. The molecule has 25 heavy (non-hydrogen) atoms. The van der Waals surface area contributed by atoms with Crippen LogP contribution < -0.4 is 0 Å². The number of carbonyl (C=O) groups excluding carboxylic acids is 2. The Morgan fingerprint density at radius 2 is 1.76 bits per heavy atom. The summed E-state index contributed by atoms with van der Waals surface area (Å²) in [6, 6.07) is 14.7. The zero-order valence-electron chi connectivity index (χ0n) is 14.5. The van der Waals surface area contributed by atoms with Crippen LogP contribution in [0.25, 0.3) is 11.0 Å². The van der Waals surface area contributed by atoms with Crippen LogP contribution in [-0.4, -0.2) is 18.9 Å². The standard InChI is InChI=1S/C21H20O4/c1-4-15(21(23)24-3)18-16-7-5-6-8-17(16)25-20(18)19(22)14-11-9-13(2)10-12-14/h5-12,15H,4H2,1-3H3. The van der Waals surface area contributed by atoms with Crippen molar-refractivity contribution in [1.29, 1.82) is 0 Å². The van der Waals surface area contributed by atoms with Gasteiger partial charge in [-0.2, -0.15) is 0 Å². The van der Waals surface area contributed by atoms with E-state index in [-0.39, 0.29) is 17.5 Å². The Bertz CT molecular complexity index is 919. The molecule has 3 aromatic rings. The minimum Gasteiger partial charge on any atom is -0.469 e. The maximum atomic E-state index is 13.0. The zero-order valence-corrected chi connectivity index (χ0v) is 14.5. The quantitative estimate of drug-likeness (QED) is 0.503. The summed E-state index contributed by atoms with van der Waals surface area (Å²) in [7, 11) is 1.36. The van der Waals surface area contributed by atoms with Crippen LogP contribution >= 0.6 is 0 Å². The molecule has 2 aromatic carbocycles. The largest absolute Gasteiger partial charge is 0.469 e. The SMILES string of the molecule is CCC(C(=O)OC)c1c(C(=O)c2ccc(C)cc2)oc2ccccc12. The number of para-hydroxylation sites is 1. The molecule has 1 aromatic heterocycles. The van der Waals surface area contributed by atoms with Gasteiger partial charge in [-0.3, -0.25) is 9.59 Å². The van der Waals surface area contributed by atoms with Crippen LogP contribution in [0.1, 0.15) is 46.5 Å². The maximum absolute atomic E-state index is 13.0. The smallest absolute Gasteiger partial charge is 0.313 e. The molecule has 4 heteroatoms. The molecule has 1 atom stereocenters. The molecule has 0 fully saturated rings. The van der Waals surface area contributed by atoms with E-state index in [2.05, 4.69) is 0 Å². The fraction of sp³-hybridized carbons (Fsp3) is 0.238. The van der Waals surface area contributed by atoms with Gasteiger partial charge in [-0.1, -0.05) is 55.0 Å². The van der Waals surface area contributed by atoms with Crippen LogP contribution in [0.4, 0.5) is 0 Å². The summed E-state index contributed by atoms with van der Waals surface area (Å²) >= 11 is 0. The molecular weight excluding hydrogens is 316 g/mol. The molecule has 0 spiro atoms. The lowest BCUT2D eigenvalue weighted by molar-refractivity contribution is -0.142. The summed E-state index contributed by atoms with van der Waals surface area (Å²) in [6.45, 7) is 3.86. The zero-order chi connectivity index (χ0) is 18.0. The summed E-state index contributed by atoms with van der Waals surface area (Å²) in [5, 5.41) is 0.773. The Morgan fingerprint density at radius 3 is 2.40 bits per heavy atom. The molecule has 0 saturated carbocycles. The third-order valence-corrected chi connectivity index (χ3v) is 4.40. The number of rotatable bonds is 5. The first-order valence-corrected chi connectivity index (χ1v) is 8.27. The molecule has 0 bridgehead atoms. The first kappa shape index (κ1) is 17.0. The molecule has 1 unspecified atom stereocenters. The number of aryl methyl sites for hydroxylation is 1. The van der Waals surface area contributed by atoms with Crippen molar-refractivity contribution in [3.05, 3.63) is 71.0 Å². The Kier molecular flexibility index (Phi) is 4.70. The van der Waals surface area contributed by atoms with Crippen molar-refractivity contribution >= 4 is 22.7 Å². The van der Waals surface area contributed by atoms with Crippen LogP contribution in [0.5, 0.6) is 0 Å². The van der Waals surface area contributed by atoms with E-state index in [9.17, 15) is 9.59 Å². The van der Waals surface area contributed by atoms with Gasteiger partial charge in [0.1, 0.15) is 5.58 Å². The highest BCUT2D eigenvalue weighted by atomic mass is 16.5. The van der Waals surface area contributed by atoms with Gasteiger partial charge in [0.2, 0.25) is 5.78 Å². The predicted molar refractivity (Wildman–Crippen MR) is 95.9 cm³/mol. The highest BCUT2D eigenvalue weighted by molar-refractivity contribution is 6.11. The fourth-order valence-corrected chi connectivity index (χ4v) is 3.05. The third-order valence-electron chi connectivity index (χ3n) is 4.40. The second-order valence-corrected chi connectivity index (χ2v) is 6.02. The first-order valence-electron chi connectivity index (χ1n) is 8.27. The Hall–Kier alpha value is -2.88. The molecule has 128 valence electrons. The van der Waals surface area contributed by atoms with Crippen molar-refractivity contribution in [2.45, 2.75) is 26.2 Å². The summed E-state index contributed by atoms with van der Waals surface area (Å²) in [5.41, 5.74) is 2.80. The Balaban J connectivity index is 2.20. The average Bonchev–Trinajstić information content (AvgIpc) is 3.02. The van der Waals surface area contributed by atoms with Gasteiger partial charge in [0.25, 0.3) is 0 Å². The molecule has 0 saturated heterocycles. The van der Waals surface area contributed by atoms with Gasteiger partial charge in [0.05, 0.1) is 13.0 Å². The van der Waals surface area contributed by atoms with E-state index in [1.54, 1.807) is 18.2 Å². The molecule has 0 radical (unpaired) electrons. The van der Waals surface area contributed by atoms with E-state index in [1.807, 2.05) is 44.2 Å². The molecule has 3 rings (SSSR count). The minimum absolute atomic E-state index is 0.210. The normalized spacial score (nSPS) is 12.1. The van der Waals surface area contributed by atoms with E-state index in [0.29, 0.717) is 23.1 Å². The monoisotopic (exact) mass is 336 g/mol. The van der Waals surface area contributed by atoms with Crippen LogP contribution in [-0.2, 0) is 9.53 Å². The number of ketones is 1. The van der Waals surface area contributed by atoms with Gasteiger partial charge in [0.15, 0.2) is 5.76 Å². The van der Waals surface area contributed by atoms with Crippen molar-refractivity contribution in [2.24, 2.45) is 0 Å². The molecule has 1 heterocycles. The van der Waals surface area contributed by atoms with Crippen LogP contribution in [0.3, 0.4) is 0 Å². The van der Waals surface area contributed by atoms with Crippen molar-refractivity contribution in [3.8, 4) is 0 Å². The van der Waals surface area contributed by atoms with Crippen LogP contribution in [0.15, 0.2) is 52.9 Å². The molecule has 0 N–H and O–H groups in total. The lowest BCUT2D eigenvalue weighted by atomic mass is 9.91. The summed E-state index contributed by atoms with van der Waals surface area (Å²) < 4.78 is 10.8. The van der Waals surface area contributed by atoms with E-state index in [0.717, 1.165) is 10.9 Å². The highest BCUT2D eigenvalue weighted by Crippen LogP contribution is 2.35. The number of hydrogen-bond acceptors (Lipinski definition) is 4. The maximum Gasteiger partial charge on any atom is 0.313 e. The van der Waals surface area contributed by atoms with Gasteiger partial charge < -0.3 is 9.15 Å². The molecule has 0 aliphatic carbocycles. The summed E-state index contributed by atoms with van der Waals surface area (Å²) in [5.74, 6) is -0.930. The van der Waals surface area contributed by atoms with Crippen molar-refractivity contribution in [1.82, 2.24) is 0 Å². The average molecular weight is 336 g/mol. The fourth-order valence-electron chi connectivity index (χ4n) is 3.05. The van der Waals surface area contributed by atoms with Gasteiger partial charge in [-0.05, 0) is 19.4 Å². The topological polar surface area (TPSA) is 56.5 Å². The number of furan rings is 1. The van der Waals surface area contributed by atoms with E-state index < -0.39 is 5.92 Å². The molecule has 4 nitrogen and oxygen atoms in total. The summed E-state index contributed by atoms with van der Waals surface area (Å²) in [4.78, 5) is 25.3. The van der Waals surface area contributed by atoms with Gasteiger partial charge in [-0.15, -0.1) is 0 Å². The lowest BCUT2D eigenvalue weighted by Crippen LogP contribution is -2.16. The number of hydrogen-bond donors (Lipinski definition) is 0. The van der Waals surface area contributed by atoms with Crippen LogP contribution in [0.2, 0.25) is 0 Å². The molecular formula is C21H20O4. The number of methoxy groups -OCH3 is 1. The van der Waals surface area contributed by atoms with Crippen molar-refractivity contribution in [2.75, 3.05) is 7.11 Å². The van der Waals surface area contributed by atoms with E-state index in [1.165, 1.54) is 7.11 Å². The lowest BCUT2D eigenvalue weighted by Gasteiger charge is -2.13. The van der Waals surface area contributed by atoms with Crippen molar-refractivity contribution < 1.29 is 18.7 Å². The van der Waals surface area contributed by atoms with E-state index in [4.69, 9.17) is 9.15 Å². The number of fused-ring (bicyclic) bond motifs is 1. The molecule has 0 aliphatic heterocycles. The van der Waals surface area contributed by atoms with E-state index >= 15 is 0 Å². The predicted octanol–water partition coefficient (Wildman–Crippen LogP) is 4.64. The second-order valence-electron chi connectivity index (χ2n) is 6.02. The number of ether oxygens (including phenoxy) is 1. The second kappa shape index (κ2) is 6.93. The summed E-state index contributed by atoms with van der Waals surface area (Å²) in [6.07, 6.45) is 0.518. The van der Waals surface area contributed by atoms with Gasteiger partial charge in [-0.25, -0.2) is 0 Å². The number of carbonyl (C=O) groups is 2. The Labute approximate surface area is 146 Å². The number of benzene rings is 2. The highest BCUT2D eigenvalue weighted by Gasteiger charge is 2.31. The van der Waals surface area contributed by atoms with Crippen LogP contribution in [0, 0.1) is 6.92 Å². The third kappa shape index (κ3) is 3.07. The minimum atomic E-state index is -0.543. The molecule has 0 amide bonds. The van der Waals surface area contributed by atoms with Gasteiger partial charge in [0, 0.05) is 16.5 Å².